The number of halogens is 2. The van der Waals surface area contributed by atoms with Crippen LogP contribution >= 0.6 is 11.6 Å². The Morgan fingerprint density at radius 1 is 0.952 bits per heavy atom. The number of hydrogen-bond acceptors (Lipinski definition) is 5. The van der Waals surface area contributed by atoms with Crippen molar-refractivity contribution in [2.45, 2.75) is 27.0 Å². The molecule has 2 heterocycles. The van der Waals surface area contributed by atoms with Gasteiger partial charge in [-0.3, -0.25) is 9.69 Å². The van der Waals surface area contributed by atoms with Gasteiger partial charge in [-0.25, -0.2) is 9.37 Å². The van der Waals surface area contributed by atoms with Crippen molar-refractivity contribution in [2.75, 3.05) is 26.2 Å². The summed E-state index contributed by atoms with van der Waals surface area (Å²) in [7, 11) is 0. The number of aromatic nitrogens is 1. The van der Waals surface area contributed by atoms with Gasteiger partial charge in [-0.15, -0.1) is 0 Å². The lowest BCUT2D eigenvalue weighted by Crippen LogP contribution is -2.47. The number of pyridine rings is 1. The predicted octanol–water partition coefficient (Wildman–Crippen LogP) is 7.22. The van der Waals surface area contributed by atoms with E-state index in [9.17, 15) is 9.18 Å². The highest BCUT2D eigenvalue weighted by Gasteiger charge is 2.20. The van der Waals surface area contributed by atoms with E-state index >= 15 is 0 Å². The summed E-state index contributed by atoms with van der Waals surface area (Å²) >= 11 is 6.56. The van der Waals surface area contributed by atoms with E-state index in [-0.39, 0.29) is 11.7 Å². The molecule has 216 valence electrons. The molecule has 6 nitrogen and oxygen atoms in total. The minimum atomic E-state index is -0.285. The summed E-state index contributed by atoms with van der Waals surface area (Å²) < 4.78 is 24.7. The molecule has 0 radical (unpaired) electrons. The van der Waals surface area contributed by atoms with Crippen LogP contribution in [0.2, 0.25) is 5.02 Å². The van der Waals surface area contributed by atoms with E-state index in [0.29, 0.717) is 42.1 Å². The van der Waals surface area contributed by atoms with E-state index < -0.39 is 0 Å². The molecule has 0 spiro atoms. The molecule has 5 rings (SSSR count). The number of carbonyl (C=O) groups excluding carboxylic acids is 1. The van der Waals surface area contributed by atoms with Crippen molar-refractivity contribution < 1.29 is 18.7 Å². The van der Waals surface area contributed by atoms with E-state index in [1.54, 1.807) is 48.7 Å². The number of amides is 1. The first kappa shape index (κ1) is 29.3. The average molecular weight is 586 g/mol. The van der Waals surface area contributed by atoms with Crippen molar-refractivity contribution in [3.8, 4) is 17.4 Å². The predicted molar refractivity (Wildman–Crippen MR) is 163 cm³/mol. The molecule has 0 aliphatic carbocycles. The fourth-order valence-electron chi connectivity index (χ4n) is 4.70. The first-order valence-corrected chi connectivity index (χ1v) is 14.3. The molecule has 1 amide bonds. The first-order valence-electron chi connectivity index (χ1n) is 13.9. The highest BCUT2D eigenvalue weighted by molar-refractivity contribution is 6.32. The van der Waals surface area contributed by atoms with Gasteiger partial charge in [-0.2, -0.15) is 0 Å². The van der Waals surface area contributed by atoms with Gasteiger partial charge in [0.15, 0.2) is 5.75 Å². The fourth-order valence-corrected chi connectivity index (χ4v) is 5.01. The molecule has 0 N–H and O–H groups in total. The number of piperazine rings is 1. The van der Waals surface area contributed by atoms with Gasteiger partial charge < -0.3 is 14.4 Å². The number of carbonyl (C=O) groups is 1. The van der Waals surface area contributed by atoms with Crippen LogP contribution in [0, 0.1) is 19.7 Å². The van der Waals surface area contributed by atoms with E-state index in [1.165, 1.54) is 23.3 Å². The number of ether oxygens (including phenoxy) is 2. The third-order valence-corrected chi connectivity index (χ3v) is 7.40. The fraction of sp³-hybridized carbons (Fsp3) is 0.235. The minimum Gasteiger partial charge on any atom is -0.487 e. The van der Waals surface area contributed by atoms with Gasteiger partial charge in [-0.05, 0) is 72.5 Å². The highest BCUT2D eigenvalue weighted by Crippen LogP contribution is 2.34. The van der Waals surface area contributed by atoms with Crippen LogP contribution in [0.4, 0.5) is 4.39 Å². The summed E-state index contributed by atoms with van der Waals surface area (Å²) in [5, 5.41) is 0.422. The van der Waals surface area contributed by atoms with Crippen LogP contribution in [-0.4, -0.2) is 46.9 Å². The first-order chi connectivity index (χ1) is 20.3. The highest BCUT2D eigenvalue weighted by atomic mass is 35.5. The SMILES string of the molecule is Cc1ccc(CN2CCN(C(=O)C=Cc3cc(C)c(Oc4ccc(OCc5ccc(F)cc5)cn4)c(Cl)c3)CC2)cc1. The van der Waals surface area contributed by atoms with Crippen molar-refractivity contribution in [2.24, 2.45) is 0 Å². The summed E-state index contributed by atoms with van der Waals surface area (Å²) in [6, 6.07) is 21.9. The molecule has 3 aromatic carbocycles. The average Bonchev–Trinajstić information content (AvgIpc) is 2.99. The summed E-state index contributed by atoms with van der Waals surface area (Å²) in [5.41, 5.74) is 5.03. The van der Waals surface area contributed by atoms with E-state index in [2.05, 4.69) is 41.1 Å². The Balaban J connectivity index is 1.12. The zero-order chi connectivity index (χ0) is 29.5. The van der Waals surface area contributed by atoms with Gasteiger partial charge in [0.05, 0.1) is 11.2 Å². The Bertz CT molecular complexity index is 1510. The van der Waals surface area contributed by atoms with E-state index in [0.717, 1.165) is 36.3 Å². The molecule has 1 aliphatic heterocycles. The molecular formula is C34H33ClFN3O3. The van der Waals surface area contributed by atoms with Crippen molar-refractivity contribution in [1.29, 1.82) is 0 Å². The van der Waals surface area contributed by atoms with Crippen LogP contribution in [0.5, 0.6) is 17.4 Å². The number of hydrogen-bond donors (Lipinski definition) is 0. The molecule has 1 saturated heterocycles. The maximum absolute atomic E-state index is 13.1. The quantitative estimate of drug-likeness (QED) is 0.194. The summed E-state index contributed by atoms with van der Waals surface area (Å²) in [6.45, 7) is 8.28. The summed E-state index contributed by atoms with van der Waals surface area (Å²) in [6.07, 6.45) is 4.95. The maximum atomic E-state index is 13.1. The number of benzene rings is 3. The van der Waals surface area contributed by atoms with Crippen LogP contribution in [0.1, 0.15) is 27.8 Å². The molecule has 0 bridgehead atoms. The second kappa shape index (κ2) is 13.6. The van der Waals surface area contributed by atoms with Gasteiger partial charge in [-0.1, -0.05) is 53.6 Å². The molecule has 0 atom stereocenters. The van der Waals surface area contributed by atoms with Gasteiger partial charge in [0.2, 0.25) is 11.8 Å². The topological polar surface area (TPSA) is 54.9 Å². The van der Waals surface area contributed by atoms with E-state index in [4.69, 9.17) is 21.1 Å². The van der Waals surface area contributed by atoms with Crippen LogP contribution in [0.25, 0.3) is 6.08 Å². The third-order valence-electron chi connectivity index (χ3n) is 7.12. The van der Waals surface area contributed by atoms with Crippen LogP contribution < -0.4 is 9.47 Å². The molecule has 42 heavy (non-hydrogen) atoms. The number of nitrogens with zero attached hydrogens (tertiary/aromatic N) is 3. The van der Waals surface area contributed by atoms with Gasteiger partial charge in [0.25, 0.3) is 0 Å². The van der Waals surface area contributed by atoms with Crippen molar-refractivity contribution >= 4 is 23.6 Å². The van der Waals surface area contributed by atoms with Crippen LogP contribution in [0.15, 0.2) is 85.1 Å². The molecule has 0 unspecified atom stereocenters. The smallest absolute Gasteiger partial charge is 0.246 e. The van der Waals surface area contributed by atoms with E-state index in [1.807, 2.05) is 17.9 Å². The molecule has 8 heteroatoms. The van der Waals surface area contributed by atoms with Crippen molar-refractivity contribution in [3.63, 3.8) is 0 Å². The standard InChI is InChI=1S/C34H33ClFN3O3/c1-24-3-5-26(6-4-24)22-38-15-17-39(18-16-38)33(40)14-9-28-19-25(2)34(31(35)20-28)42-32-13-12-30(21-37-32)41-23-27-7-10-29(36)11-8-27/h3-14,19-21H,15-18,22-23H2,1-2H3. The molecule has 1 fully saturated rings. The number of rotatable bonds is 9. The normalized spacial score (nSPS) is 13.9. The largest absolute Gasteiger partial charge is 0.487 e. The Kier molecular flexibility index (Phi) is 9.52. The Morgan fingerprint density at radius 3 is 2.33 bits per heavy atom. The van der Waals surface area contributed by atoms with Gasteiger partial charge in [0, 0.05) is 44.9 Å². The Labute approximate surface area is 251 Å². The zero-order valence-electron chi connectivity index (χ0n) is 23.7. The molecule has 0 saturated carbocycles. The molecule has 1 aromatic heterocycles. The maximum Gasteiger partial charge on any atom is 0.246 e. The zero-order valence-corrected chi connectivity index (χ0v) is 24.5. The lowest BCUT2D eigenvalue weighted by molar-refractivity contribution is -0.127. The number of aryl methyl sites for hydroxylation is 2. The van der Waals surface area contributed by atoms with Crippen LogP contribution in [0.3, 0.4) is 0 Å². The Hall–Kier alpha value is -4.20. The van der Waals surface area contributed by atoms with Gasteiger partial charge >= 0.3 is 0 Å². The second-order valence-electron chi connectivity index (χ2n) is 10.4. The summed E-state index contributed by atoms with van der Waals surface area (Å²) in [4.78, 5) is 21.4. The summed E-state index contributed by atoms with van der Waals surface area (Å²) in [5.74, 6) is 1.14. The van der Waals surface area contributed by atoms with Crippen molar-refractivity contribution in [1.82, 2.24) is 14.8 Å². The lowest BCUT2D eigenvalue weighted by Gasteiger charge is -2.34. The Morgan fingerprint density at radius 2 is 1.67 bits per heavy atom. The monoisotopic (exact) mass is 585 g/mol. The van der Waals surface area contributed by atoms with Crippen LogP contribution in [-0.2, 0) is 17.9 Å². The molecule has 1 aliphatic rings. The van der Waals surface area contributed by atoms with Crippen molar-refractivity contribution in [3.05, 3.63) is 124 Å². The molecule has 4 aromatic rings. The molecular weight excluding hydrogens is 553 g/mol. The minimum absolute atomic E-state index is 0.00924. The third kappa shape index (κ3) is 7.96. The van der Waals surface area contributed by atoms with Gasteiger partial charge in [0.1, 0.15) is 18.2 Å². The second-order valence-corrected chi connectivity index (χ2v) is 10.8. The lowest BCUT2D eigenvalue weighted by atomic mass is 10.1.